The average molecular weight is 653 g/mol. The van der Waals surface area contributed by atoms with Gasteiger partial charge >= 0.3 is 11.9 Å². The Kier molecular flexibility index (Phi) is 15.4. The molecule has 0 aliphatic carbocycles. The predicted octanol–water partition coefficient (Wildman–Crippen LogP) is 10.1. The summed E-state index contributed by atoms with van der Waals surface area (Å²) in [5, 5.41) is 0. The lowest BCUT2D eigenvalue weighted by molar-refractivity contribution is 0.0724. The Hall–Kier alpha value is -4.72. The molecule has 0 aliphatic rings. The number of carbonyl (C=O) groups excluding carboxylic acids is 2. The molecule has 0 fully saturated rings. The second-order valence-electron chi connectivity index (χ2n) is 11.8. The number of benzene rings is 2. The van der Waals surface area contributed by atoms with Crippen molar-refractivity contribution in [2.75, 3.05) is 13.2 Å². The van der Waals surface area contributed by atoms with Crippen molar-refractivity contribution >= 4 is 11.9 Å². The SMILES string of the molecule is CCCCCCCCOc1ccc(OC(=O)c2ccc(-c3ccc(C(=O)Oc4ccc(OCCCCCCCC)cc4)cn3)nc2)cc1. The predicted molar refractivity (Wildman–Crippen MR) is 188 cm³/mol. The van der Waals surface area contributed by atoms with Crippen molar-refractivity contribution in [3.63, 3.8) is 0 Å². The number of nitrogens with zero attached hydrogens (tertiary/aromatic N) is 2. The average Bonchev–Trinajstić information content (AvgIpc) is 3.12. The lowest BCUT2D eigenvalue weighted by atomic mass is 10.1. The summed E-state index contributed by atoms with van der Waals surface area (Å²) in [4.78, 5) is 34.1. The van der Waals surface area contributed by atoms with E-state index in [1.165, 1.54) is 76.6 Å². The molecular weight excluding hydrogens is 604 g/mol. The fraction of sp³-hybridized carbons (Fsp3) is 0.400. The highest BCUT2D eigenvalue weighted by atomic mass is 16.5. The highest BCUT2D eigenvalue weighted by Gasteiger charge is 2.13. The number of unbranched alkanes of at least 4 members (excludes halogenated alkanes) is 10. The monoisotopic (exact) mass is 652 g/mol. The van der Waals surface area contributed by atoms with Crippen LogP contribution >= 0.6 is 0 Å². The molecule has 8 nitrogen and oxygen atoms in total. The van der Waals surface area contributed by atoms with E-state index in [0.29, 0.717) is 47.2 Å². The van der Waals surface area contributed by atoms with E-state index in [4.69, 9.17) is 18.9 Å². The van der Waals surface area contributed by atoms with Crippen molar-refractivity contribution in [3.05, 3.63) is 96.3 Å². The summed E-state index contributed by atoms with van der Waals surface area (Å²) in [7, 11) is 0. The van der Waals surface area contributed by atoms with E-state index in [0.717, 1.165) is 24.3 Å². The molecule has 254 valence electrons. The van der Waals surface area contributed by atoms with E-state index < -0.39 is 11.9 Å². The summed E-state index contributed by atoms with van der Waals surface area (Å²) in [6.07, 6.45) is 17.4. The molecule has 4 aromatic rings. The Balaban J connectivity index is 1.19. The van der Waals surface area contributed by atoms with E-state index in [9.17, 15) is 9.59 Å². The third-order valence-corrected chi connectivity index (χ3v) is 7.86. The summed E-state index contributed by atoms with van der Waals surface area (Å²) in [6, 6.07) is 20.7. The molecule has 0 unspecified atom stereocenters. The first-order valence-corrected chi connectivity index (χ1v) is 17.4. The molecule has 0 atom stereocenters. The van der Waals surface area contributed by atoms with Crippen LogP contribution in [-0.2, 0) is 0 Å². The van der Waals surface area contributed by atoms with E-state index in [1.54, 1.807) is 72.8 Å². The summed E-state index contributed by atoms with van der Waals surface area (Å²) >= 11 is 0. The highest BCUT2D eigenvalue weighted by Crippen LogP contribution is 2.22. The standard InChI is InChI=1S/C40H48N2O6/c1-3-5-7-9-11-13-27-45-33-17-21-35(22-18-33)47-39(43)31-15-25-37(41-29-31)38-26-16-32(30-42-38)40(44)48-36-23-19-34(20-24-36)46-28-14-12-10-8-6-4-2/h15-26,29-30H,3-14,27-28H2,1-2H3. The Morgan fingerprint density at radius 3 is 1.17 bits per heavy atom. The molecule has 8 heteroatoms. The minimum Gasteiger partial charge on any atom is -0.494 e. The molecule has 0 amide bonds. The number of esters is 2. The van der Waals surface area contributed by atoms with Gasteiger partial charge in [0.2, 0.25) is 0 Å². The number of pyridine rings is 2. The van der Waals surface area contributed by atoms with Crippen molar-refractivity contribution in [2.45, 2.75) is 90.9 Å². The maximum atomic E-state index is 12.7. The zero-order valence-corrected chi connectivity index (χ0v) is 28.3. The Morgan fingerprint density at radius 1 is 0.458 bits per heavy atom. The quantitative estimate of drug-likeness (QED) is 0.0498. The molecule has 0 radical (unpaired) electrons. The normalized spacial score (nSPS) is 10.8. The van der Waals surface area contributed by atoms with E-state index >= 15 is 0 Å². The molecule has 2 aromatic heterocycles. The number of aromatic nitrogens is 2. The van der Waals surface area contributed by atoms with Crippen LogP contribution < -0.4 is 18.9 Å². The van der Waals surface area contributed by atoms with Gasteiger partial charge in [0.1, 0.15) is 23.0 Å². The first kappa shape index (κ1) is 36.1. The minimum absolute atomic E-state index is 0.307. The maximum Gasteiger partial charge on any atom is 0.345 e. The molecule has 0 spiro atoms. The molecule has 2 aromatic carbocycles. The van der Waals surface area contributed by atoms with Crippen molar-refractivity contribution in [1.29, 1.82) is 0 Å². The largest absolute Gasteiger partial charge is 0.494 e. The van der Waals surface area contributed by atoms with Crippen LogP contribution in [0.15, 0.2) is 85.2 Å². The molecular formula is C40H48N2O6. The number of rotatable bonds is 21. The van der Waals surface area contributed by atoms with Gasteiger partial charge in [-0.1, -0.05) is 78.1 Å². The molecule has 4 rings (SSSR count). The molecule has 0 aliphatic heterocycles. The fourth-order valence-corrected chi connectivity index (χ4v) is 5.02. The van der Waals surface area contributed by atoms with Crippen LogP contribution in [0.5, 0.6) is 23.0 Å². The lowest BCUT2D eigenvalue weighted by Crippen LogP contribution is -2.09. The zero-order chi connectivity index (χ0) is 33.8. The smallest absolute Gasteiger partial charge is 0.345 e. The van der Waals surface area contributed by atoms with Gasteiger partial charge in [-0.25, -0.2) is 9.59 Å². The van der Waals surface area contributed by atoms with Crippen LogP contribution in [0.2, 0.25) is 0 Å². The van der Waals surface area contributed by atoms with Crippen LogP contribution in [0.1, 0.15) is 112 Å². The molecule has 2 heterocycles. The molecule has 0 N–H and O–H groups in total. The van der Waals surface area contributed by atoms with Crippen molar-refractivity contribution < 1.29 is 28.5 Å². The summed E-state index contributed by atoms with van der Waals surface area (Å²) < 4.78 is 22.6. The van der Waals surface area contributed by atoms with Crippen LogP contribution in [0.4, 0.5) is 0 Å². The van der Waals surface area contributed by atoms with Crippen molar-refractivity contribution in [2.24, 2.45) is 0 Å². The van der Waals surface area contributed by atoms with Gasteiger partial charge in [0.25, 0.3) is 0 Å². The van der Waals surface area contributed by atoms with Crippen LogP contribution in [0, 0.1) is 0 Å². The third-order valence-electron chi connectivity index (χ3n) is 7.86. The van der Waals surface area contributed by atoms with E-state index in [1.807, 2.05) is 0 Å². The Labute approximate surface area is 284 Å². The van der Waals surface area contributed by atoms with Gasteiger partial charge in [-0.15, -0.1) is 0 Å². The van der Waals surface area contributed by atoms with Crippen LogP contribution in [0.3, 0.4) is 0 Å². The summed E-state index contributed by atoms with van der Waals surface area (Å²) in [5.74, 6) is 1.32. The Bertz CT molecular complexity index is 1390. The van der Waals surface area contributed by atoms with Gasteiger partial charge in [0.05, 0.1) is 35.7 Å². The topological polar surface area (TPSA) is 96.8 Å². The molecule has 0 saturated heterocycles. The second kappa shape index (κ2) is 20.5. The highest BCUT2D eigenvalue weighted by molar-refractivity contribution is 5.92. The van der Waals surface area contributed by atoms with Gasteiger partial charge in [0, 0.05) is 12.4 Å². The number of carbonyl (C=O) groups is 2. The van der Waals surface area contributed by atoms with Crippen LogP contribution in [0.25, 0.3) is 11.4 Å². The zero-order valence-electron chi connectivity index (χ0n) is 28.3. The van der Waals surface area contributed by atoms with Gasteiger partial charge in [-0.05, 0) is 85.6 Å². The minimum atomic E-state index is -0.516. The van der Waals surface area contributed by atoms with Crippen LogP contribution in [-0.4, -0.2) is 35.1 Å². The number of ether oxygens (including phenoxy) is 4. The fourth-order valence-electron chi connectivity index (χ4n) is 5.02. The molecule has 0 bridgehead atoms. The van der Waals surface area contributed by atoms with Crippen molar-refractivity contribution in [1.82, 2.24) is 9.97 Å². The van der Waals surface area contributed by atoms with Crippen molar-refractivity contribution in [3.8, 4) is 34.4 Å². The second-order valence-corrected chi connectivity index (χ2v) is 11.8. The van der Waals surface area contributed by atoms with E-state index in [-0.39, 0.29) is 0 Å². The summed E-state index contributed by atoms with van der Waals surface area (Å²) in [6.45, 7) is 5.78. The van der Waals surface area contributed by atoms with Gasteiger partial charge in [-0.2, -0.15) is 0 Å². The first-order chi connectivity index (χ1) is 23.6. The number of hydrogen-bond acceptors (Lipinski definition) is 8. The van der Waals surface area contributed by atoms with Gasteiger partial charge in [0.15, 0.2) is 0 Å². The lowest BCUT2D eigenvalue weighted by Gasteiger charge is -2.09. The third kappa shape index (κ3) is 12.5. The maximum absolute atomic E-state index is 12.7. The molecule has 0 saturated carbocycles. The van der Waals surface area contributed by atoms with E-state index in [2.05, 4.69) is 23.8 Å². The Morgan fingerprint density at radius 2 is 0.812 bits per heavy atom. The van der Waals surface area contributed by atoms with Gasteiger partial charge < -0.3 is 18.9 Å². The first-order valence-electron chi connectivity index (χ1n) is 17.4. The van der Waals surface area contributed by atoms with Gasteiger partial charge in [-0.3, -0.25) is 9.97 Å². The molecule has 48 heavy (non-hydrogen) atoms. The summed E-state index contributed by atoms with van der Waals surface area (Å²) in [5.41, 5.74) is 1.71. The number of hydrogen-bond donors (Lipinski definition) is 0.